The zero-order chi connectivity index (χ0) is 22.3. The highest BCUT2D eigenvalue weighted by Crippen LogP contribution is 2.48. The Morgan fingerprint density at radius 3 is 1.61 bits per heavy atom. The fraction of sp³-hybridized carbons (Fsp3) is 0.200. The van der Waals surface area contributed by atoms with Gasteiger partial charge in [0.1, 0.15) is 6.04 Å². The average Bonchev–Trinajstić information content (AvgIpc) is 2.81. The number of carbonyl (C=O) groups excluding carboxylic acids is 1. The van der Waals surface area contributed by atoms with Crippen molar-refractivity contribution < 1.29 is 14.7 Å². The maximum Gasteiger partial charge on any atom is 0.325 e. The molecule has 31 heavy (non-hydrogen) atoms. The van der Waals surface area contributed by atoms with Crippen LogP contribution < -0.4 is 11.1 Å². The van der Waals surface area contributed by atoms with Crippen molar-refractivity contribution in [2.45, 2.75) is 23.8 Å². The van der Waals surface area contributed by atoms with E-state index in [9.17, 15) is 9.59 Å². The van der Waals surface area contributed by atoms with Crippen LogP contribution in [-0.2, 0) is 14.3 Å². The molecule has 0 aromatic heterocycles. The molecule has 0 aliphatic carbocycles. The monoisotopic (exact) mass is 434 g/mol. The van der Waals surface area contributed by atoms with Gasteiger partial charge in [-0.15, -0.1) is 11.8 Å². The van der Waals surface area contributed by atoms with E-state index in [0.717, 1.165) is 16.7 Å². The van der Waals surface area contributed by atoms with Crippen molar-refractivity contribution in [1.82, 2.24) is 5.32 Å². The summed E-state index contributed by atoms with van der Waals surface area (Å²) in [6.07, 6.45) is 0. The summed E-state index contributed by atoms with van der Waals surface area (Å²) in [5, 5.41) is 11.5. The molecule has 0 heterocycles. The molecule has 0 radical (unpaired) electrons. The van der Waals surface area contributed by atoms with Gasteiger partial charge in [-0.2, -0.15) is 0 Å². The Hall–Kier alpha value is -3.09. The van der Waals surface area contributed by atoms with Crippen LogP contribution in [0.2, 0.25) is 0 Å². The van der Waals surface area contributed by atoms with Crippen molar-refractivity contribution in [1.29, 1.82) is 0 Å². The number of benzene rings is 3. The van der Waals surface area contributed by atoms with Crippen molar-refractivity contribution in [3.63, 3.8) is 0 Å². The second-order valence-corrected chi connectivity index (χ2v) is 8.50. The Balaban J connectivity index is 2.00. The van der Waals surface area contributed by atoms with E-state index < -0.39 is 28.7 Å². The SMILES string of the molecule is CC(NC(=O)[C@@H](N)CSC(c1ccccc1)(c1ccccc1)c1ccccc1)C(=O)O. The summed E-state index contributed by atoms with van der Waals surface area (Å²) >= 11 is 1.57. The lowest BCUT2D eigenvalue weighted by Gasteiger charge is -2.36. The maximum absolute atomic E-state index is 12.5. The lowest BCUT2D eigenvalue weighted by molar-refractivity contribution is -0.141. The van der Waals surface area contributed by atoms with Gasteiger partial charge in [-0.3, -0.25) is 9.59 Å². The molecule has 1 unspecified atom stereocenters. The molecule has 0 spiro atoms. The lowest BCUT2D eigenvalue weighted by atomic mass is 9.84. The summed E-state index contributed by atoms with van der Waals surface area (Å²) in [5.74, 6) is -1.28. The van der Waals surface area contributed by atoms with Crippen LogP contribution in [0.15, 0.2) is 91.0 Å². The number of hydrogen-bond acceptors (Lipinski definition) is 4. The van der Waals surface area contributed by atoms with Crippen molar-refractivity contribution >= 4 is 23.6 Å². The lowest BCUT2D eigenvalue weighted by Crippen LogP contribution is -2.48. The zero-order valence-corrected chi connectivity index (χ0v) is 18.1. The number of thioether (sulfide) groups is 1. The number of nitrogens with two attached hydrogens (primary N) is 1. The van der Waals surface area contributed by atoms with Crippen molar-refractivity contribution in [2.24, 2.45) is 5.73 Å². The molecule has 2 atom stereocenters. The summed E-state index contributed by atoms with van der Waals surface area (Å²) in [6, 6.07) is 28.5. The maximum atomic E-state index is 12.5. The predicted molar refractivity (Wildman–Crippen MR) is 125 cm³/mol. The van der Waals surface area contributed by atoms with Gasteiger partial charge in [0.05, 0.1) is 10.8 Å². The number of rotatable bonds is 9. The number of carboxylic acids is 1. The molecule has 4 N–H and O–H groups in total. The van der Waals surface area contributed by atoms with E-state index >= 15 is 0 Å². The third-order valence-electron chi connectivity index (χ3n) is 5.09. The van der Waals surface area contributed by atoms with Crippen LogP contribution in [0.4, 0.5) is 0 Å². The molecule has 0 aliphatic heterocycles. The minimum Gasteiger partial charge on any atom is -0.480 e. The van der Waals surface area contributed by atoms with E-state index in [4.69, 9.17) is 10.8 Å². The van der Waals surface area contributed by atoms with Gasteiger partial charge in [0.25, 0.3) is 0 Å². The number of carbonyl (C=O) groups is 2. The zero-order valence-electron chi connectivity index (χ0n) is 17.3. The average molecular weight is 435 g/mol. The second-order valence-electron chi connectivity index (χ2n) is 7.27. The smallest absolute Gasteiger partial charge is 0.325 e. The number of amides is 1. The molecule has 3 aromatic carbocycles. The molecule has 6 heteroatoms. The summed E-state index contributed by atoms with van der Waals surface area (Å²) in [4.78, 5) is 23.5. The third-order valence-corrected chi connectivity index (χ3v) is 6.75. The van der Waals surface area contributed by atoms with E-state index in [1.165, 1.54) is 6.92 Å². The first-order valence-corrected chi connectivity index (χ1v) is 11.0. The van der Waals surface area contributed by atoms with Crippen LogP contribution in [-0.4, -0.2) is 34.8 Å². The van der Waals surface area contributed by atoms with Crippen LogP contribution in [0.3, 0.4) is 0 Å². The Kier molecular flexibility index (Phi) is 7.50. The Labute approximate surface area is 186 Å². The van der Waals surface area contributed by atoms with Crippen LogP contribution in [0, 0.1) is 0 Å². The highest BCUT2D eigenvalue weighted by atomic mass is 32.2. The van der Waals surface area contributed by atoms with E-state index in [2.05, 4.69) is 41.7 Å². The van der Waals surface area contributed by atoms with Gasteiger partial charge in [0.15, 0.2) is 0 Å². The van der Waals surface area contributed by atoms with E-state index in [1.54, 1.807) is 11.8 Å². The molecular formula is C25H26N2O3S. The summed E-state index contributed by atoms with van der Waals surface area (Å²) in [5.41, 5.74) is 9.40. The fourth-order valence-corrected chi connectivity index (χ4v) is 4.93. The van der Waals surface area contributed by atoms with Gasteiger partial charge in [-0.1, -0.05) is 91.0 Å². The Morgan fingerprint density at radius 1 is 0.871 bits per heavy atom. The molecule has 0 saturated carbocycles. The van der Waals surface area contributed by atoms with Crippen LogP contribution in [0.5, 0.6) is 0 Å². The number of carboxylic acid groups (broad SMARTS) is 1. The first kappa shape index (κ1) is 22.6. The van der Waals surface area contributed by atoms with Gasteiger partial charge in [0, 0.05) is 5.75 Å². The molecular weight excluding hydrogens is 408 g/mol. The van der Waals surface area contributed by atoms with Gasteiger partial charge in [-0.05, 0) is 23.6 Å². The van der Waals surface area contributed by atoms with Crippen molar-refractivity contribution in [3.8, 4) is 0 Å². The second kappa shape index (κ2) is 10.3. The number of aliphatic carboxylic acids is 1. The molecule has 3 rings (SSSR count). The van der Waals surface area contributed by atoms with Gasteiger partial charge in [-0.25, -0.2) is 0 Å². The largest absolute Gasteiger partial charge is 0.480 e. The fourth-order valence-electron chi connectivity index (χ4n) is 3.44. The quantitative estimate of drug-likeness (QED) is 0.447. The first-order chi connectivity index (χ1) is 14.9. The van der Waals surface area contributed by atoms with Gasteiger partial charge in [0.2, 0.25) is 5.91 Å². The van der Waals surface area contributed by atoms with Gasteiger partial charge < -0.3 is 16.2 Å². The summed E-state index contributed by atoms with van der Waals surface area (Å²) < 4.78 is -0.583. The van der Waals surface area contributed by atoms with Gasteiger partial charge >= 0.3 is 5.97 Å². The molecule has 3 aromatic rings. The number of nitrogens with one attached hydrogen (secondary N) is 1. The van der Waals surface area contributed by atoms with Crippen molar-refractivity contribution in [2.75, 3.05) is 5.75 Å². The predicted octanol–water partition coefficient (Wildman–Crippen LogP) is 3.63. The Bertz CT molecular complexity index is 900. The minimum absolute atomic E-state index is 0.302. The minimum atomic E-state index is -1.10. The molecule has 1 amide bonds. The first-order valence-electron chi connectivity index (χ1n) is 10.0. The standard InChI is InChI=1S/C25H26N2O3S/c1-18(24(29)30)27-23(28)22(26)17-31-25(19-11-5-2-6-12-19,20-13-7-3-8-14-20)21-15-9-4-10-16-21/h2-16,18,22H,17,26H2,1H3,(H,27,28)(H,29,30)/t18?,22-/m0/s1. The number of hydrogen-bond donors (Lipinski definition) is 3. The molecule has 0 fully saturated rings. The molecule has 160 valence electrons. The van der Waals surface area contributed by atoms with Crippen LogP contribution in [0.1, 0.15) is 23.6 Å². The Morgan fingerprint density at radius 2 is 1.26 bits per heavy atom. The van der Waals surface area contributed by atoms with Crippen LogP contribution >= 0.6 is 11.8 Å². The normalized spacial score (nSPS) is 13.2. The summed E-state index contributed by atoms with van der Waals surface area (Å²) in [6.45, 7) is 1.42. The van der Waals surface area contributed by atoms with Crippen molar-refractivity contribution in [3.05, 3.63) is 108 Å². The third kappa shape index (κ3) is 5.16. The summed E-state index contributed by atoms with van der Waals surface area (Å²) in [7, 11) is 0. The van der Waals surface area contributed by atoms with E-state index in [0.29, 0.717) is 5.75 Å². The van der Waals surface area contributed by atoms with E-state index in [-0.39, 0.29) is 0 Å². The van der Waals surface area contributed by atoms with Crippen LogP contribution in [0.25, 0.3) is 0 Å². The molecule has 5 nitrogen and oxygen atoms in total. The molecule has 0 saturated heterocycles. The highest BCUT2D eigenvalue weighted by Gasteiger charge is 2.37. The van der Waals surface area contributed by atoms with E-state index in [1.807, 2.05) is 54.6 Å². The molecule has 0 bridgehead atoms. The topological polar surface area (TPSA) is 92.4 Å². The highest BCUT2D eigenvalue weighted by molar-refractivity contribution is 8.00. The molecule has 0 aliphatic rings.